The maximum absolute atomic E-state index is 12.0. The first-order valence-corrected chi connectivity index (χ1v) is 6.98. The Labute approximate surface area is 122 Å². The number of rotatable bonds is 4. The molecular formula is C15H17N3O3. The maximum atomic E-state index is 12.0. The first-order valence-electron chi connectivity index (χ1n) is 6.98. The molecule has 21 heavy (non-hydrogen) atoms. The number of aryl methyl sites for hydroxylation is 1. The molecule has 6 heteroatoms. The molecule has 0 bridgehead atoms. The van der Waals surface area contributed by atoms with Gasteiger partial charge in [0.25, 0.3) is 11.7 Å². The highest BCUT2D eigenvalue weighted by atomic mass is 16.5. The fraction of sp³-hybridized carbons (Fsp3) is 0.400. The first-order chi connectivity index (χ1) is 10.2. The monoisotopic (exact) mass is 287 g/mol. The van der Waals surface area contributed by atoms with Crippen LogP contribution < -0.4 is 5.32 Å². The molecule has 1 amide bonds. The van der Waals surface area contributed by atoms with Crippen LogP contribution in [0.3, 0.4) is 0 Å². The van der Waals surface area contributed by atoms with Crippen LogP contribution in [0.1, 0.15) is 34.9 Å². The molecule has 2 aromatic rings. The maximum Gasteiger partial charge on any atom is 0.292 e. The summed E-state index contributed by atoms with van der Waals surface area (Å²) in [7, 11) is 0. The van der Waals surface area contributed by atoms with Gasteiger partial charge in [-0.15, -0.1) is 0 Å². The molecule has 1 aromatic carbocycles. The summed E-state index contributed by atoms with van der Waals surface area (Å²) in [5.41, 5.74) is 0.613. The van der Waals surface area contributed by atoms with Crippen LogP contribution in [0.15, 0.2) is 34.9 Å². The second-order valence-corrected chi connectivity index (χ2v) is 5.13. The lowest BCUT2D eigenvalue weighted by molar-refractivity contribution is 0.00125. The van der Waals surface area contributed by atoms with Crippen LogP contribution in [0.4, 0.5) is 0 Å². The number of nitrogens with zero attached hydrogens (tertiary/aromatic N) is 2. The number of ether oxygens (including phenoxy) is 1. The lowest BCUT2D eigenvalue weighted by Crippen LogP contribution is -2.40. The Kier molecular flexibility index (Phi) is 3.70. The van der Waals surface area contributed by atoms with Gasteiger partial charge in [-0.3, -0.25) is 4.79 Å². The number of amides is 1. The van der Waals surface area contributed by atoms with Crippen molar-refractivity contribution in [2.45, 2.75) is 25.4 Å². The molecule has 0 aliphatic carbocycles. The highest BCUT2D eigenvalue weighted by molar-refractivity contribution is 5.90. The van der Waals surface area contributed by atoms with Gasteiger partial charge in [0.05, 0.1) is 6.54 Å². The summed E-state index contributed by atoms with van der Waals surface area (Å²) < 4.78 is 10.8. The fourth-order valence-corrected chi connectivity index (χ4v) is 2.60. The Hall–Kier alpha value is -2.21. The SMILES string of the molecule is Cc1nc(C(=O)NCC2(c3ccccc3)CCCO2)no1. The lowest BCUT2D eigenvalue weighted by atomic mass is 9.90. The van der Waals surface area contributed by atoms with Gasteiger partial charge in [0, 0.05) is 13.5 Å². The average Bonchev–Trinajstić information content (AvgIpc) is 3.16. The zero-order valence-corrected chi connectivity index (χ0v) is 11.8. The average molecular weight is 287 g/mol. The minimum absolute atomic E-state index is 0.0497. The van der Waals surface area contributed by atoms with Gasteiger partial charge in [-0.1, -0.05) is 35.5 Å². The van der Waals surface area contributed by atoms with E-state index in [1.165, 1.54) is 0 Å². The fourth-order valence-electron chi connectivity index (χ4n) is 2.60. The lowest BCUT2D eigenvalue weighted by Gasteiger charge is -2.29. The molecule has 110 valence electrons. The predicted octanol–water partition coefficient (Wildman–Crippen LogP) is 1.81. The van der Waals surface area contributed by atoms with E-state index in [0.29, 0.717) is 19.0 Å². The van der Waals surface area contributed by atoms with Crippen LogP contribution in [0.5, 0.6) is 0 Å². The quantitative estimate of drug-likeness (QED) is 0.928. The summed E-state index contributed by atoms with van der Waals surface area (Å²) in [6.07, 6.45) is 1.86. The van der Waals surface area contributed by atoms with E-state index < -0.39 is 5.60 Å². The second-order valence-electron chi connectivity index (χ2n) is 5.13. The molecule has 2 heterocycles. The van der Waals surface area contributed by atoms with Gasteiger partial charge in [-0.2, -0.15) is 4.98 Å². The van der Waals surface area contributed by atoms with Crippen molar-refractivity contribution in [3.05, 3.63) is 47.6 Å². The summed E-state index contributed by atoms with van der Waals surface area (Å²) in [5.74, 6) is 0.0707. The molecular weight excluding hydrogens is 270 g/mol. The Morgan fingerprint density at radius 1 is 1.38 bits per heavy atom. The van der Waals surface area contributed by atoms with Crippen molar-refractivity contribution in [3.8, 4) is 0 Å². The van der Waals surface area contributed by atoms with E-state index in [9.17, 15) is 4.79 Å². The molecule has 0 radical (unpaired) electrons. The van der Waals surface area contributed by atoms with Crippen molar-refractivity contribution in [3.63, 3.8) is 0 Å². The van der Waals surface area contributed by atoms with Gasteiger partial charge in [0.1, 0.15) is 5.60 Å². The molecule has 1 aliphatic heterocycles. The molecule has 1 unspecified atom stereocenters. The zero-order chi connectivity index (χ0) is 14.7. The zero-order valence-electron chi connectivity index (χ0n) is 11.8. The van der Waals surface area contributed by atoms with Crippen molar-refractivity contribution in [2.75, 3.05) is 13.2 Å². The number of benzene rings is 1. The number of carbonyl (C=O) groups is 1. The molecule has 1 N–H and O–H groups in total. The Balaban J connectivity index is 1.73. The summed E-state index contributed by atoms with van der Waals surface area (Å²) in [5, 5.41) is 6.46. The third-order valence-electron chi connectivity index (χ3n) is 3.67. The van der Waals surface area contributed by atoms with Crippen LogP contribution in [-0.2, 0) is 10.3 Å². The molecule has 3 rings (SSSR count). The summed E-state index contributed by atoms with van der Waals surface area (Å²) >= 11 is 0. The normalized spacial score (nSPS) is 21.4. The Bertz CT molecular complexity index is 618. The Morgan fingerprint density at radius 3 is 2.81 bits per heavy atom. The van der Waals surface area contributed by atoms with E-state index in [0.717, 1.165) is 18.4 Å². The van der Waals surface area contributed by atoms with Gasteiger partial charge in [0.2, 0.25) is 5.89 Å². The van der Waals surface area contributed by atoms with E-state index in [4.69, 9.17) is 9.26 Å². The number of nitrogens with one attached hydrogen (secondary N) is 1. The van der Waals surface area contributed by atoms with Crippen molar-refractivity contribution in [1.82, 2.24) is 15.5 Å². The summed E-state index contributed by atoms with van der Waals surface area (Å²) in [4.78, 5) is 16.0. The molecule has 1 saturated heterocycles. The smallest absolute Gasteiger partial charge is 0.292 e. The predicted molar refractivity (Wildman–Crippen MR) is 74.7 cm³/mol. The number of carbonyl (C=O) groups excluding carboxylic acids is 1. The highest BCUT2D eigenvalue weighted by Crippen LogP contribution is 2.35. The molecule has 1 fully saturated rings. The van der Waals surface area contributed by atoms with E-state index in [1.54, 1.807) is 6.92 Å². The summed E-state index contributed by atoms with van der Waals surface area (Å²) in [6.45, 7) is 2.74. The van der Waals surface area contributed by atoms with Gasteiger partial charge in [0.15, 0.2) is 0 Å². The van der Waals surface area contributed by atoms with Gasteiger partial charge in [-0.25, -0.2) is 0 Å². The third kappa shape index (κ3) is 2.80. The first kappa shape index (κ1) is 13.8. The van der Waals surface area contributed by atoms with Crippen molar-refractivity contribution in [1.29, 1.82) is 0 Å². The number of aromatic nitrogens is 2. The highest BCUT2D eigenvalue weighted by Gasteiger charge is 2.37. The van der Waals surface area contributed by atoms with Crippen molar-refractivity contribution < 1.29 is 14.1 Å². The summed E-state index contributed by atoms with van der Waals surface area (Å²) in [6, 6.07) is 9.96. The van der Waals surface area contributed by atoms with Crippen LogP contribution in [0.2, 0.25) is 0 Å². The molecule has 1 atom stereocenters. The number of hydrogen-bond acceptors (Lipinski definition) is 5. The second kappa shape index (κ2) is 5.65. The minimum atomic E-state index is -0.463. The third-order valence-corrected chi connectivity index (χ3v) is 3.67. The topological polar surface area (TPSA) is 77.2 Å². The molecule has 6 nitrogen and oxygen atoms in total. The molecule has 1 aromatic heterocycles. The van der Waals surface area contributed by atoms with E-state index >= 15 is 0 Å². The molecule has 0 spiro atoms. The minimum Gasteiger partial charge on any atom is -0.368 e. The van der Waals surface area contributed by atoms with E-state index in [1.807, 2.05) is 30.3 Å². The van der Waals surface area contributed by atoms with E-state index in [-0.39, 0.29) is 11.7 Å². The van der Waals surface area contributed by atoms with E-state index in [2.05, 4.69) is 15.5 Å². The Morgan fingerprint density at radius 2 is 2.19 bits per heavy atom. The van der Waals surface area contributed by atoms with Crippen LogP contribution in [0, 0.1) is 6.92 Å². The van der Waals surface area contributed by atoms with Gasteiger partial charge >= 0.3 is 0 Å². The van der Waals surface area contributed by atoms with Crippen LogP contribution >= 0.6 is 0 Å². The van der Waals surface area contributed by atoms with Crippen molar-refractivity contribution >= 4 is 5.91 Å². The standard InChI is InChI=1S/C15H17N3O3/c1-11-17-13(18-21-11)14(19)16-10-15(8-5-9-20-15)12-6-3-2-4-7-12/h2-4,6-7H,5,8-10H2,1H3,(H,16,19). The molecule has 1 aliphatic rings. The number of hydrogen-bond donors (Lipinski definition) is 1. The largest absolute Gasteiger partial charge is 0.368 e. The van der Waals surface area contributed by atoms with Crippen LogP contribution in [0.25, 0.3) is 0 Å². The van der Waals surface area contributed by atoms with Gasteiger partial charge < -0.3 is 14.6 Å². The van der Waals surface area contributed by atoms with Gasteiger partial charge in [-0.05, 0) is 18.4 Å². The van der Waals surface area contributed by atoms with Crippen molar-refractivity contribution in [2.24, 2.45) is 0 Å². The van der Waals surface area contributed by atoms with Crippen LogP contribution in [-0.4, -0.2) is 29.2 Å². The molecule has 0 saturated carbocycles.